The maximum absolute atomic E-state index is 13.2. The SMILES string of the molecule is COC(=O)c1ccc(COc2ccccc2C(=O)c2cc(C#N)c(=O)n(C(C)C)c2)cc1. The van der Waals surface area contributed by atoms with Gasteiger partial charge in [0.15, 0.2) is 5.78 Å². The number of hydrogen-bond donors (Lipinski definition) is 0. The van der Waals surface area contributed by atoms with Gasteiger partial charge in [-0.1, -0.05) is 24.3 Å². The van der Waals surface area contributed by atoms with Gasteiger partial charge in [-0.2, -0.15) is 5.26 Å². The first kappa shape index (κ1) is 22.5. The van der Waals surface area contributed by atoms with Gasteiger partial charge in [0, 0.05) is 17.8 Å². The number of ether oxygens (including phenoxy) is 2. The smallest absolute Gasteiger partial charge is 0.337 e. The largest absolute Gasteiger partial charge is 0.488 e. The van der Waals surface area contributed by atoms with Gasteiger partial charge in [0.05, 0.1) is 18.2 Å². The van der Waals surface area contributed by atoms with E-state index < -0.39 is 11.5 Å². The van der Waals surface area contributed by atoms with Crippen LogP contribution < -0.4 is 10.3 Å². The summed E-state index contributed by atoms with van der Waals surface area (Å²) in [5.74, 6) is -0.407. The van der Waals surface area contributed by atoms with Crippen molar-refractivity contribution in [2.75, 3.05) is 7.11 Å². The molecular weight excluding hydrogens is 408 g/mol. The lowest BCUT2D eigenvalue weighted by molar-refractivity contribution is 0.0600. The molecule has 7 nitrogen and oxygen atoms in total. The van der Waals surface area contributed by atoms with Crippen molar-refractivity contribution in [2.24, 2.45) is 0 Å². The molecule has 32 heavy (non-hydrogen) atoms. The minimum Gasteiger partial charge on any atom is -0.488 e. The van der Waals surface area contributed by atoms with E-state index in [0.29, 0.717) is 16.9 Å². The Morgan fingerprint density at radius 1 is 1.06 bits per heavy atom. The molecule has 7 heteroatoms. The molecule has 3 aromatic rings. The molecule has 0 bridgehead atoms. The average molecular weight is 430 g/mol. The summed E-state index contributed by atoms with van der Waals surface area (Å²) in [6, 6.07) is 16.5. The van der Waals surface area contributed by atoms with E-state index in [2.05, 4.69) is 4.74 Å². The van der Waals surface area contributed by atoms with Crippen molar-refractivity contribution in [3.05, 3.63) is 99.0 Å². The van der Waals surface area contributed by atoms with Crippen LogP contribution in [-0.2, 0) is 11.3 Å². The zero-order valence-corrected chi connectivity index (χ0v) is 18.0. The van der Waals surface area contributed by atoms with E-state index >= 15 is 0 Å². The number of carbonyl (C=O) groups excluding carboxylic acids is 2. The third-order valence-corrected chi connectivity index (χ3v) is 4.88. The Morgan fingerprint density at radius 3 is 2.38 bits per heavy atom. The van der Waals surface area contributed by atoms with Gasteiger partial charge in [0.25, 0.3) is 5.56 Å². The van der Waals surface area contributed by atoms with Crippen LogP contribution >= 0.6 is 0 Å². The summed E-state index contributed by atoms with van der Waals surface area (Å²) >= 11 is 0. The van der Waals surface area contributed by atoms with Crippen molar-refractivity contribution in [1.82, 2.24) is 4.57 Å². The molecule has 1 heterocycles. The van der Waals surface area contributed by atoms with Crippen LogP contribution in [0, 0.1) is 11.3 Å². The van der Waals surface area contributed by atoms with Crippen molar-refractivity contribution < 1.29 is 19.1 Å². The lowest BCUT2D eigenvalue weighted by Gasteiger charge is -2.14. The fourth-order valence-electron chi connectivity index (χ4n) is 3.14. The van der Waals surface area contributed by atoms with E-state index in [9.17, 15) is 19.6 Å². The quantitative estimate of drug-likeness (QED) is 0.416. The number of hydrogen-bond acceptors (Lipinski definition) is 6. The van der Waals surface area contributed by atoms with E-state index in [1.54, 1.807) is 62.4 Å². The highest BCUT2D eigenvalue weighted by Gasteiger charge is 2.18. The Balaban J connectivity index is 1.88. The summed E-state index contributed by atoms with van der Waals surface area (Å²) < 4.78 is 11.9. The summed E-state index contributed by atoms with van der Waals surface area (Å²) in [4.78, 5) is 37.1. The van der Waals surface area contributed by atoms with Gasteiger partial charge in [0.2, 0.25) is 0 Å². The van der Waals surface area contributed by atoms with Crippen molar-refractivity contribution in [3.8, 4) is 11.8 Å². The topological polar surface area (TPSA) is 98.4 Å². The van der Waals surface area contributed by atoms with Crippen LogP contribution in [0.15, 0.2) is 65.6 Å². The van der Waals surface area contributed by atoms with Gasteiger partial charge in [0.1, 0.15) is 24.0 Å². The molecule has 0 amide bonds. The Morgan fingerprint density at radius 2 is 1.75 bits per heavy atom. The van der Waals surface area contributed by atoms with Crippen LogP contribution in [0.25, 0.3) is 0 Å². The van der Waals surface area contributed by atoms with Gasteiger partial charge in [-0.25, -0.2) is 4.79 Å². The van der Waals surface area contributed by atoms with E-state index in [-0.39, 0.29) is 29.6 Å². The fraction of sp³-hybridized carbons (Fsp3) is 0.200. The number of benzene rings is 2. The second-order valence-electron chi connectivity index (χ2n) is 7.36. The normalized spacial score (nSPS) is 10.5. The van der Waals surface area contributed by atoms with Crippen LogP contribution in [0.1, 0.15) is 57.3 Å². The van der Waals surface area contributed by atoms with E-state index in [4.69, 9.17) is 4.74 Å². The van der Waals surface area contributed by atoms with Crippen molar-refractivity contribution in [2.45, 2.75) is 26.5 Å². The number of aromatic nitrogens is 1. The molecule has 0 saturated carbocycles. The van der Waals surface area contributed by atoms with E-state index in [1.165, 1.54) is 23.9 Å². The number of nitrogens with zero attached hydrogens (tertiary/aromatic N) is 2. The molecule has 162 valence electrons. The summed E-state index contributed by atoms with van der Waals surface area (Å²) in [6.07, 6.45) is 1.47. The monoisotopic (exact) mass is 430 g/mol. The van der Waals surface area contributed by atoms with Gasteiger partial charge >= 0.3 is 5.97 Å². The number of carbonyl (C=O) groups is 2. The molecule has 0 radical (unpaired) electrons. The fourth-order valence-corrected chi connectivity index (χ4v) is 3.14. The Labute approximate surface area is 185 Å². The van der Waals surface area contributed by atoms with E-state index in [1.807, 2.05) is 6.07 Å². The number of para-hydroxylation sites is 1. The maximum Gasteiger partial charge on any atom is 0.337 e. The minimum absolute atomic E-state index is 0.0892. The first-order valence-electron chi connectivity index (χ1n) is 9.95. The van der Waals surface area contributed by atoms with Crippen LogP contribution in [0.3, 0.4) is 0 Å². The summed E-state index contributed by atoms with van der Waals surface area (Å²) in [6.45, 7) is 3.79. The van der Waals surface area contributed by atoms with Crippen molar-refractivity contribution in [3.63, 3.8) is 0 Å². The summed E-state index contributed by atoms with van der Waals surface area (Å²) in [5.41, 5.74) is 1.26. The molecule has 2 aromatic carbocycles. The maximum atomic E-state index is 13.2. The lowest BCUT2D eigenvalue weighted by atomic mass is 10.0. The molecule has 0 unspecified atom stereocenters. The van der Waals surface area contributed by atoms with Gasteiger partial charge in [-0.15, -0.1) is 0 Å². The molecule has 3 rings (SSSR count). The third-order valence-electron chi connectivity index (χ3n) is 4.88. The van der Waals surface area contributed by atoms with Crippen LogP contribution in [0.5, 0.6) is 5.75 Å². The van der Waals surface area contributed by atoms with Crippen molar-refractivity contribution >= 4 is 11.8 Å². The van der Waals surface area contributed by atoms with E-state index in [0.717, 1.165) is 5.56 Å². The highest BCUT2D eigenvalue weighted by Crippen LogP contribution is 2.23. The number of esters is 1. The molecule has 1 aromatic heterocycles. The highest BCUT2D eigenvalue weighted by atomic mass is 16.5. The molecule has 0 fully saturated rings. The first-order valence-corrected chi connectivity index (χ1v) is 9.95. The number of nitriles is 1. The second kappa shape index (κ2) is 9.75. The lowest BCUT2D eigenvalue weighted by Crippen LogP contribution is -2.25. The van der Waals surface area contributed by atoms with Crippen LogP contribution in [0.2, 0.25) is 0 Å². The number of ketones is 1. The van der Waals surface area contributed by atoms with Gasteiger partial charge in [-0.05, 0) is 49.7 Å². The molecular formula is C25H22N2O5. The highest BCUT2D eigenvalue weighted by molar-refractivity contribution is 6.10. The van der Waals surface area contributed by atoms with Crippen LogP contribution in [-0.4, -0.2) is 23.4 Å². The molecule has 0 N–H and O–H groups in total. The molecule has 0 spiro atoms. The third kappa shape index (κ3) is 4.76. The molecule has 0 aliphatic heterocycles. The Hall–Kier alpha value is -4.18. The standard InChI is InChI=1S/C25H22N2O5/c1-16(2)27-14-20(12-19(13-26)24(27)29)23(28)21-6-4-5-7-22(21)32-15-17-8-10-18(11-9-17)25(30)31-3/h4-12,14,16H,15H2,1-3H3. The molecule has 0 saturated heterocycles. The molecule has 0 aliphatic rings. The predicted octanol–water partition coefficient (Wildman–Crippen LogP) is 3.90. The Kier molecular flexibility index (Phi) is 6.86. The van der Waals surface area contributed by atoms with Gasteiger partial charge in [-0.3, -0.25) is 9.59 Å². The molecule has 0 aliphatic carbocycles. The minimum atomic E-state index is -0.431. The molecule has 0 atom stereocenters. The van der Waals surface area contributed by atoms with Gasteiger partial charge < -0.3 is 14.0 Å². The van der Waals surface area contributed by atoms with Crippen LogP contribution in [0.4, 0.5) is 0 Å². The predicted molar refractivity (Wildman–Crippen MR) is 118 cm³/mol. The summed E-state index contributed by atoms with van der Waals surface area (Å²) in [7, 11) is 1.32. The second-order valence-corrected chi connectivity index (χ2v) is 7.36. The zero-order valence-electron chi connectivity index (χ0n) is 18.0. The zero-order chi connectivity index (χ0) is 23.3. The first-order chi connectivity index (χ1) is 15.3. The summed E-state index contributed by atoms with van der Waals surface area (Å²) in [5, 5.41) is 9.31. The number of methoxy groups -OCH3 is 1. The number of pyridine rings is 1. The Bertz CT molecular complexity index is 1250. The average Bonchev–Trinajstić information content (AvgIpc) is 2.82. The van der Waals surface area contributed by atoms with Crippen molar-refractivity contribution in [1.29, 1.82) is 5.26 Å². The number of rotatable bonds is 7.